The van der Waals surface area contributed by atoms with Gasteiger partial charge in [0.15, 0.2) is 0 Å². The summed E-state index contributed by atoms with van der Waals surface area (Å²) in [5.41, 5.74) is 0.776. The molecule has 1 heterocycles. The Morgan fingerprint density at radius 3 is 2.69 bits per heavy atom. The molecule has 1 atom stereocenters. The van der Waals surface area contributed by atoms with E-state index in [1.165, 1.54) is 6.07 Å². The monoisotopic (exact) mass is 443 g/mol. The van der Waals surface area contributed by atoms with Gasteiger partial charge in [-0.05, 0) is 36.8 Å². The number of hydrogen-bond acceptors (Lipinski definition) is 4. The molecule has 1 aliphatic rings. The molecule has 0 aliphatic carbocycles. The molecule has 0 bridgehead atoms. The highest BCUT2D eigenvalue weighted by Crippen LogP contribution is 2.31. The van der Waals surface area contributed by atoms with Gasteiger partial charge in [-0.1, -0.05) is 29.8 Å². The van der Waals surface area contributed by atoms with E-state index in [0.29, 0.717) is 42.6 Å². The van der Waals surface area contributed by atoms with Gasteiger partial charge in [-0.2, -0.15) is 0 Å². The van der Waals surface area contributed by atoms with Gasteiger partial charge in [-0.3, -0.25) is 9.69 Å². The second kappa shape index (κ2) is 10.3. The minimum absolute atomic E-state index is 0. The van der Waals surface area contributed by atoms with Crippen LogP contribution < -0.4 is 4.74 Å². The molecule has 1 unspecified atom stereocenters. The smallest absolute Gasteiger partial charge is 0.304 e. The van der Waals surface area contributed by atoms with Gasteiger partial charge in [0.25, 0.3) is 0 Å². The number of benzene rings is 2. The van der Waals surface area contributed by atoms with Gasteiger partial charge in [0.05, 0.1) is 18.1 Å². The van der Waals surface area contributed by atoms with Crippen molar-refractivity contribution in [2.24, 2.45) is 0 Å². The lowest BCUT2D eigenvalue weighted by molar-refractivity contribution is -0.139. The summed E-state index contributed by atoms with van der Waals surface area (Å²) >= 11 is 6.02. The van der Waals surface area contributed by atoms with Crippen LogP contribution in [0.15, 0.2) is 42.5 Å². The summed E-state index contributed by atoms with van der Waals surface area (Å²) in [7, 11) is 0. The van der Waals surface area contributed by atoms with Crippen molar-refractivity contribution in [1.82, 2.24) is 4.90 Å². The zero-order valence-electron chi connectivity index (χ0n) is 16.1. The lowest BCUT2D eigenvalue weighted by Crippen LogP contribution is -2.48. The van der Waals surface area contributed by atoms with Gasteiger partial charge in [-0.15, -0.1) is 12.4 Å². The fraction of sp³-hybridized carbons (Fsp3) is 0.381. The molecule has 1 aliphatic heterocycles. The van der Waals surface area contributed by atoms with Gasteiger partial charge < -0.3 is 14.6 Å². The Balaban J connectivity index is 0.00000300. The summed E-state index contributed by atoms with van der Waals surface area (Å²) < 4.78 is 25.5. The zero-order valence-corrected chi connectivity index (χ0v) is 17.6. The van der Waals surface area contributed by atoms with E-state index in [4.69, 9.17) is 26.2 Å². The van der Waals surface area contributed by atoms with Crippen LogP contribution in [0.3, 0.4) is 0 Å². The fourth-order valence-electron chi connectivity index (χ4n) is 3.30. The first kappa shape index (κ1) is 23.4. The summed E-state index contributed by atoms with van der Waals surface area (Å²) in [4.78, 5) is 12.9. The first-order chi connectivity index (χ1) is 13.4. The van der Waals surface area contributed by atoms with E-state index in [9.17, 15) is 9.18 Å². The molecule has 1 saturated heterocycles. The lowest BCUT2D eigenvalue weighted by Gasteiger charge is -2.40. The van der Waals surface area contributed by atoms with Crippen molar-refractivity contribution in [3.63, 3.8) is 0 Å². The van der Waals surface area contributed by atoms with Crippen LogP contribution in [0.25, 0.3) is 0 Å². The number of morpholine rings is 1. The summed E-state index contributed by atoms with van der Waals surface area (Å²) in [5, 5.41) is 9.22. The predicted molar refractivity (Wildman–Crippen MR) is 111 cm³/mol. The van der Waals surface area contributed by atoms with Crippen LogP contribution in [0.2, 0.25) is 5.02 Å². The highest BCUT2D eigenvalue weighted by molar-refractivity contribution is 6.31. The Kier molecular flexibility index (Phi) is 8.28. The molecule has 5 nitrogen and oxygen atoms in total. The van der Waals surface area contributed by atoms with Gasteiger partial charge in [0, 0.05) is 25.2 Å². The molecule has 158 valence electrons. The third kappa shape index (κ3) is 6.06. The molecule has 3 rings (SSSR count). The molecular formula is C21H24Cl2FNO4. The summed E-state index contributed by atoms with van der Waals surface area (Å²) in [6.45, 7) is 4.41. The Bertz CT molecular complexity index is 814. The van der Waals surface area contributed by atoms with Crippen LogP contribution >= 0.6 is 24.0 Å². The van der Waals surface area contributed by atoms with E-state index in [1.54, 1.807) is 12.1 Å². The van der Waals surface area contributed by atoms with Crippen LogP contribution in [0.5, 0.6) is 5.75 Å². The fourth-order valence-corrected chi connectivity index (χ4v) is 3.52. The molecule has 0 saturated carbocycles. The number of carboxylic acid groups (broad SMARTS) is 1. The van der Waals surface area contributed by atoms with Crippen molar-refractivity contribution < 1.29 is 23.8 Å². The molecule has 2 aromatic rings. The number of carboxylic acids is 1. The molecule has 8 heteroatoms. The quantitative estimate of drug-likeness (QED) is 0.682. The Morgan fingerprint density at radius 1 is 1.31 bits per heavy atom. The maximum Gasteiger partial charge on any atom is 0.304 e. The average Bonchev–Trinajstić information content (AvgIpc) is 2.66. The van der Waals surface area contributed by atoms with Crippen LogP contribution in [-0.4, -0.2) is 42.2 Å². The Hall–Kier alpha value is -1.86. The molecular weight excluding hydrogens is 420 g/mol. The van der Waals surface area contributed by atoms with Crippen LogP contribution in [0, 0.1) is 5.82 Å². The number of aliphatic carboxylic acids is 1. The number of hydrogen-bond donors (Lipinski definition) is 1. The summed E-state index contributed by atoms with van der Waals surface area (Å²) in [6.07, 6.45) is 0.113. The van der Waals surface area contributed by atoms with E-state index in [-0.39, 0.29) is 25.4 Å². The maximum absolute atomic E-state index is 13.8. The summed E-state index contributed by atoms with van der Waals surface area (Å²) in [6, 6.07) is 12.0. The largest absolute Gasteiger partial charge is 0.489 e. The van der Waals surface area contributed by atoms with E-state index < -0.39 is 17.4 Å². The van der Waals surface area contributed by atoms with Crippen molar-refractivity contribution in [3.05, 3.63) is 64.4 Å². The number of carbonyl (C=O) groups is 1. The zero-order chi connectivity index (χ0) is 20.1. The molecule has 1 fully saturated rings. The SMILES string of the molecule is CC1(c2ccc(OCc3c(F)cccc3Cl)cc2)CN(CCC(=O)O)CCO1.Cl. The molecule has 0 radical (unpaired) electrons. The average molecular weight is 444 g/mol. The van der Waals surface area contributed by atoms with Crippen molar-refractivity contribution in [2.45, 2.75) is 25.6 Å². The lowest BCUT2D eigenvalue weighted by atomic mass is 9.93. The Morgan fingerprint density at radius 2 is 2.03 bits per heavy atom. The normalized spacial score (nSPS) is 19.4. The number of rotatable bonds is 7. The highest BCUT2D eigenvalue weighted by Gasteiger charge is 2.33. The molecule has 0 amide bonds. The first-order valence-corrected chi connectivity index (χ1v) is 9.49. The first-order valence-electron chi connectivity index (χ1n) is 9.12. The molecule has 1 N–H and O–H groups in total. The van der Waals surface area contributed by atoms with E-state index >= 15 is 0 Å². The minimum atomic E-state index is -0.801. The number of ether oxygens (including phenoxy) is 2. The second-order valence-electron chi connectivity index (χ2n) is 7.01. The van der Waals surface area contributed by atoms with Gasteiger partial charge in [-0.25, -0.2) is 4.39 Å². The molecule has 0 aromatic heterocycles. The van der Waals surface area contributed by atoms with Crippen molar-refractivity contribution in [2.75, 3.05) is 26.2 Å². The minimum Gasteiger partial charge on any atom is -0.489 e. The van der Waals surface area contributed by atoms with Gasteiger partial charge in [0.2, 0.25) is 0 Å². The molecule has 29 heavy (non-hydrogen) atoms. The number of halogens is 3. The Labute approximate surface area is 180 Å². The predicted octanol–water partition coefficient (Wildman–Crippen LogP) is 4.50. The van der Waals surface area contributed by atoms with Crippen LogP contribution in [0.1, 0.15) is 24.5 Å². The summed E-state index contributed by atoms with van der Waals surface area (Å²) in [5.74, 6) is -0.594. The maximum atomic E-state index is 13.8. The van der Waals surface area contributed by atoms with Crippen molar-refractivity contribution in [3.8, 4) is 5.75 Å². The molecule has 0 spiro atoms. The van der Waals surface area contributed by atoms with E-state index in [0.717, 1.165) is 5.56 Å². The standard InChI is InChI=1S/C21H23ClFNO4.ClH/c1-21(14-24(11-12-28-21)10-9-20(25)26)15-5-7-16(8-6-15)27-13-17-18(22)3-2-4-19(17)23;/h2-8H,9-14H2,1H3,(H,25,26);1H. The van der Waals surface area contributed by atoms with Gasteiger partial charge in [0.1, 0.15) is 23.8 Å². The highest BCUT2D eigenvalue weighted by atomic mass is 35.5. The second-order valence-corrected chi connectivity index (χ2v) is 7.42. The molecule has 2 aromatic carbocycles. The third-order valence-corrected chi connectivity index (χ3v) is 5.26. The third-order valence-electron chi connectivity index (χ3n) is 4.91. The van der Waals surface area contributed by atoms with Crippen molar-refractivity contribution in [1.29, 1.82) is 0 Å². The van der Waals surface area contributed by atoms with Crippen molar-refractivity contribution >= 4 is 30.0 Å². The van der Waals surface area contributed by atoms with Crippen LogP contribution in [0.4, 0.5) is 4.39 Å². The van der Waals surface area contributed by atoms with E-state index in [2.05, 4.69) is 4.90 Å². The topological polar surface area (TPSA) is 59.0 Å². The van der Waals surface area contributed by atoms with Gasteiger partial charge >= 0.3 is 5.97 Å². The number of nitrogens with zero attached hydrogens (tertiary/aromatic N) is 1. The van der Waals surface area contributed by atoms with Crippen LogP contribution in [-0.2, 0) is 21.7 Å². The van der Waals surface area contributed by atoms with E-state index in [1.807, 2.05) is 31.2 Å².